The molecular weight excluding hydrogens is 492 g/mol. The van der Waals surface area contributed by atoms with Gasteiger partial charge in [-0.05, 0) is 58.2 Å². The largest absolute Gasteiger partial charge is 0.349 e. The fourth-order valence-corrected chi connectivity index (χ4v) is 4.47. The lowest BCUT2D eigenvalue weighted by atomic mass is 9.99. The molecule has 0 saturated heterocycles. The number of rotatable bonds is 6. The van der Waals surface area contributed by atoms with E-state index >= 15 is 0 Å². The third kappa shape index (κ3) is 4.57. The Bertz CT molecular complexity index is 1350. The van der Waals surface area contributed by atoms with Crippen LogP contribution in [0.2, 0.25) is 0 Å². The summed E-state index contributed by atoms with van der Waals surface area (Å²) in [5.74, 6) is -1.80. The third-order valence-corrected chi connectivity index (χ3v) is 6.26. The van der Waals surface area contributed by atoms with E-state index in [0.717, 1.165) is 17.1 Å². The van der Waals surface area contributed by atoms with Gasteiger partial charge in [0, 0.05) is 36.4 Å². The molecule has 4 aromatic rings. The molecule has 0 aliphatic carbocycles. The monoisotopic (exact) mass is 511 g/mol. The van der Waals surface area contributed by atoms with E-state index in [-0.39, 0.29) is 17.5 Å². The van der Waals surface area contributed by atoms with E-state index < -0.39 is 23.6 Å². The standard InChI is InChI=1S/C25H20BrF2N3O2/c1-30-8-7-21-22(30)13-20(26)24(29-21)23(11-15-9-17(27)12-18(28)10-15)31(2)25(33)19-6-4-3-5-16(19)14-32/h3-10,12-14,23H,11H2,1-2H3. The Morgan fingerprint density at radius 1 is 1.15 bits per heavy atom. The number of aromatic nitrogens is 2. The fourth-order valence-electron chi connectivity index (χ4n) is 3.91. The summed E-state index contributed by atoms with van der Waals surface area (Å²) in [5, 5.41) is 0. The van der Waals surface area contributed by atoms with Gasteiger partial charge >= 0.3 is 0 Å². The van der Waals surface area contributed by atoms with Crippen LogP contribution in [0.25, 0.3) is 11.0 Å². The molecule has 1 atom stereocenters. The molecule has 0 N–H and O–H groups in total. The summed E-state index contributed by atoms with van der Waals surface area (Å²) < 4.78 is 30.4. The maximum absolute atomic E-state index is 13.9. The Balaban J connectivity index is 1.82. The molecule has 5 nitrogen and oxygen atoms in total. The number of halogens is 3. The molecule has 0 aliphatic rings. The minimum atomic E-state index is -0.699. The number of carbonyl (C=O) groups is 2. The second-order valence-corrected chi connectivity index (χ2v) is 8.66. The van der Waals surface area contributed by atoms with Crippen molar-refractivity contribution in [1.29, 1.82) is 0 Å². The zero-order valence-electron chi connectivity index (χ0n) is 17.9. The molecule has 33 heavy (non-hydrogen) atoms. The molecule has 0 fully saturated rings. The predicted octanol–water partition coefficient (Wildman–Crippen LogP) is 5.48. The first kappa shape index (κ1) is 22.8. The van der Waals surface area contributed by atoms with Crippen LogP contribution in [0, 0.1) is 11.6 Å². The summed E-state index contributed by atoms with van der Waals surface area (Å²) in [6, 6.07) is 12.9. The summed E-state index contributed by atoms with van der Waals surface area (Å²) >= 11 is 3.56. The van der Waals surface area contributed by atoms with Gasteiger partial charge < -0.3 is 9.47 Å². The molecule has 0 radical (unpaired) electrons. The van der Waals surface area contributed by atoms with Crippen molar-refractivity contribution in [3.05, 3.63) is 99.3 Å². The number of pyridine rings is 1. The number of nitrogens with zero attached hydrogens (tertiary/aromatic N) is 3. The highest BCUT2D eigenvalue weighted by Gasteiger charge is 2.28. The van der Waals surface area contributed by atoms with Crippen LogP contribution in [0.15, 0.2) is 65.3 Å². The third-order valence-electron chi connectivity index (χ3n) is 5.62. The molecule has 4 rings (SSSR count). The number of likely N-dealkylation sites (N-methyl/N-ethyl adjacent to an activating group) is 1. The van der Waals surface area contributed by atoms with Gasteiger partial charge in [0.25, 0.3) is 5.91 Å². The van der Waals surface area contributed by atoms with Crippen molar-refractivity contribution < 1.29 is 18.4 Å². The molecule has 1 amide bonds. The predicted molar refractivity (Wildman–Crippen MR) is 125 cm³/mol. The van der Waals surface area contributed by atoms with Gasteiger partial charge in [-0.2, -0.15) is 0 Å². The van der Waals surface area contributed by atoms with Crippen molar-refractivity contribution in [2.45, 2.75) is 12.5 Å². The molecule has 168 valence electrons. The van der Waals surface area contributed by atoms with E-state index in [1.165, 1.54) is 17.0 Å². The average molecular weight is 512 g/mol. The molecule has 0 aliphatic heterocycles. The van der Waals surface area contributed by atoms with Crippen LogP contribution in [0.4, 0.5) is 8.78 Å². The molecule has 0 bridgehead atoms. The first-order chi connectivity index (χ1) is 15.8. The van der Waals surface area contributed by atoms with Crippen molar-refractivity contribution >= 4 is 39.2 Å². The van der Waals surface area contributed by atoms with Crippen LogP contribution in [0.5, 0.6) is 0 Å². The number of amides is 1. The molecule has 0 spiro atoms. The van der Waals surface area contributed by atoms with E-state index in [2.05, 4.69) is 15.9 Å². The number of aryl methyl sites for hydroxylation is 1. The number of benzene rings is 2. The normalized spacial score (nSPS) is 12.0. The Kier molecular flexibility index (Phi) is 6.37. The van der Waals surface area contributed by atoms with Gasteiger partial charge in [-0.1, -0.05) is 18.2 Å². The summed E-state index contributed by atoms with van der Waals surface area (Å²) in [6.45, 7) is 0. The van der Waals surface area contributed by atoms with E-state index in [4.69, 9.17) is 4.98 Å². The number of hydrogen-bond donors (Lipinski definition) is 0. The molecule has 0 saturated carbocycles. The van der Waals surface area contributed by atoms with Crippen LogP contribution < -0.4 is 0 Å². The van der Waals surface area contributed by atoms with Gasteiger partial charge in [0.1, 0.15) is 11.6 Å². The summed E-state index contributed by atoms with van der Waals surface area (Å²) in [4.78, 5) is 31.1. The van der Waals surface area contributed by atoms with Gasteiger partial charge in [0.2, 0.25) is 0 Å². The van der Waals surface area contributed by atoms with E-state index in [1.807, 2.05) is 29.9 Å². The minimum Gasteiger partial charge on any atom is -0.349 e. The highest BCUT2D eigenvalue weighted by atomic mass is 79.9. The SMILES string of the molecule is CN(C(=O)c1ccccc1C=O)C(Cc1cc(F)cc(F)c1)c1nc2ccn(C)c2cc1Br. The molecule has 2 aromatic carbocycles. The van der Waals surface area contributed by atoms with Crippen molar-refractivity contribution in [2.75, 3.05) is 7.05 Å². The lowest BCUT2D eigenvalue weighted by Crippen LogP contribution is -2.34. The highest BCUT2D eigenvalue weighted by Crippen LogP contribution is 2.33. The number of carbonyl (C=O) groups excluding carboxylic acids is 2. The Morgan fingerprint density at radius 2 is 1.85 bits per heavy atom. The van der Waals surface area contributed by atoms with Gasteiger partial charge in [-0.15, -0.1) is 0 Å². The topological polar surface area (TPSA) is 55.2 Å². The Labute approximate surface area is 197 Å². The number of fused-ring (bicyclic) bond motifs is 1. The first-order valence-electron chi connectivity index (χ1n) is 10.2. The Morgan fingerprint density at radius 3 is 2.55 bits per heavy atom. The van der Waals surface area contributed by atoms with Gasteiger partial charge in [-0.3, -0.25) is 9.59 Å². The quantitative estimate of drug-likeness (QED) is 0.322. The van der Waals surface area contributed by atoms with Gasteiger partial charge in [0.15, 0.2) is 6.29 Å². The number of hydrogen-bond acceptors (Lipinski definition) is 3. The average Bonchev–Trinajstić information content (AvgIpc) is 3.15. The fraction of sp³-hybridized carbons (Fsp3) is 0.160. The van der Waals surface area contributed by atoms with E-state index in [9.17, 15) is 18.4 Å². The molecule has 1 unspecified atom stereocenters. The summed E-state index contributed by atoms with van der Waals surface area (Å²) in [6.07, 6.45) is 2.62. The maximum atomic E-state index is 13.9. The van der Waals surface area contributed by atoms with Crippen LogP contribution in [-0.2, 0) is 13.5 Å². The second-order valence-electron chi connectivity index (χ2n) is 7.81. The van der Waals surface area contributed by atoms with Gasteiger partial charge in [-0.25, -0.2) is 13.8 Å². The van der Waals surface area contributed by atoms with E-state index in [1.54, 1.807) is 31.3 Å². The lowest BCUT2D eigenvalue weighted by Gasteiger charge is -2.29. The lowest BCUT2D eigenvalue weighted by molar-refractivity contribution is 0.0723. The molecule has 2 aromatic heterocycles. The Hall–Kier alpha value is -3.39. The molecule has 2 heterocycles. The molecule has 8 heteroatoms. The van der Waals surface area contributed by atoms with E-state index in [0.29, 0.717) is 22.0 Å². The van der Waals surface area contributed by atoms with Crippen molar-refractivity contribution in [2.24, 2.45) is 7.05 Å². The van der Waals surface area contributed by atoms with Crippen LogP contribution in [0.3, 0.4) is 0 Å². The van der Waals surface area contributed by atoms with Crippen LogP contribution in [0.1, 0.15) is 38.0 Å². The minimum absolute atomic E-state index is 0.115. The van der Waals surface area contributed by atoms with Crippen LogP contribution >= 0.6 is 15.9 Å². The number of aldehydes is 1. The van der Waals surface area contributed by atoms with Crippen LogP contribution in [-0.4, -0.2) is 33.7 Å². The first-order valence-corrected chi connectivity index (χ1v) is 11.0. The van der Waals surface area contributed by atoms with Crippen molar-refractivity contribution in [1.82, 2.24) is 14.5 Å². The second kappa shape index (κ2) is 9.23. The highest BCUT2D eigenvalue weighted by molar-refractivity contribution is 9.10. The zero-order valence-corrected chi connectivity index (χ0v) is 19.5. The summed E-state index contributed by atoms with van der Waals surface area (Å²) in [7, 11) is 3.49. The van der Waals surface area contributed by atoms with Crippen molar-refractivity contribution in [3.63, 3.8) is 0 Å². The van der Waals surface area contributed by atoms with Crippen molar-refractivity contribution in [3.8, 4) is 0 Å². The molecular formula is C25H20BrF2N3O2. The summed E-state index contributed by atoms with van der Waals surface area (Å²) in [5.41, 5.74) is 3.03. The van der Waals surface area contributed by atoms with Gasteiger partial charge in [0.05, 0.1) is 28.3 Å². The smallest absolute Gasteiger partial charge is 0.254 e. The zero-order chi connectivity index (χ0) is 23.7. The maximum Gasteiger partial charge on any atom is 0.254 e.